The van der Waals surface area contributed by atoms with Crippen molar-refractivity contribution in [1.29, 1.82) is 0 Å². The van der Waals surface area contributed by atoms with Gasteiger partial charge < -0.3 is 29.4 Å². The molecule has 0 saturated carbocycles. The first-order chi connectivity index (χ1) is 9.54. The number of hydrogen-bond acceptors (Lipinski definition) is 2. The molecule has 0 radical (unpaired) electrons. The van der Waals surface area contributed by atoms with Crippen molar-refractivity contribution in [3.8, 4) is 0 Å². The van der Waals surface area contributed by atoms with Crippen molar-refractivity contribution in [3.05, 3.63) is 0 Å². The number of hydrogen-bond donors (Lipinski definition) is 6. The van der Waals surface area contributed by atoms with Gasteiger partial charge in [-0.1, -0.05) is 67.2 Å². The van der Waals surface area contributed by atoms with E-state index in [4.69, 9.17) is 29.4 Å². The SMILES string of the molecule is CCCC(C)C.CCCC(C)C.OP(O)(O)=S.OP(O)(O)=S.[Fe]. The summed E-state index contributed by atoms with van der Waals surface area (Å²) in [5.74, 6) is 1.80. The molecule has 0 bridgehead atoms. The van der Waals surface area contributed by atoms with E-state index in [0.717, 1.165) is 11.8 Å². The van der Waals surface area contributed by atoms with Gasteiger partial charge in [-0.05, 0) is 35.4 Å². The molecule has 0 aliphatic heterocycles. The molecule has 0 aromatic carbocycles. The van der Waals surface area contributed by atoms with E-state index < -0.39 is 13.4 Å². The summed E-state index contributed by atoms with van der Waals surface area (Å²) in [6.07, 6.45) is 5.41. The Morgan fingerprint density at radius 2 is 0.783 bits per heavy atom. The van der Waals surface area contributed by atoms with Crippen molar-refractivity contribution in [2.45, 2.75) is 67.2 Å². The topological polar surface area (TPSA) is 121 Å². The molecule has 0 spiro atoms. The van der Waals surface area contributed by atoms with Gasteiger partial charge >= 0.3 is 13.4 Å². The summed E-state index contributed by atoms with van der Waals surface area (Å²) >= 11 is 7.21. The van der Waals surface area contributed by atoms with Crippen LogP contribution in [0.4, 0.5) is 0 Å². The van der Waals surface area contributed by atoms with Gasteiger partial charge in [0, 0.05) is 17.1 Å². The largest absolute Gasteiger partial charge is 0.325 e. The van der Waals surface area contributed by atoms with Gasteiger partial charge in [-0.25, -0.2) is 0 Å². The summed E-state index contributed by atoms with van der Waals surface area (Å²) < 4.78 is 0. The zero-order valence-corrected chi connectivity index (χ0v) is 19.3. The summed E-state index contributed by atoms with van der Waals surface area (Å²) in [5, 5.41) is 0. The molecule has 23 heavy (non-hydrogen) atoms. The summed E-state index contributed by atoms with van der Waals surface area (Å²) in [4.78, 5) is 45.3. The summed E-state index contributed by atoms with van der Waals surface area (Å²) in [6, 6.07) is 0. The Balaban J connectivity index is -0.0000000620. The van der Waals surface area contributed by atoms with Crippen LogP contribution in [-0.2, 0) is 40.7 Å². The average molecular weight is 456 g/mol. The second-order valence-electron chi connectivity index (χ2n) is 5.39. The maximum absolute atomic E-state index is 7.56. The maximum atomic E-state index is 7.56. The molecule has 0 aliphatic rings. The van der Waals surface area contributed by atoms with E-state index >= 15 is 0 Å². The third-order valence-electron chi connectivity index (χ3n) is 1.73. The van der Waals surface area contributed by atoms with Crippen molar-refractivity contribution in [3.63, 3.8) is 0 Å². The number of rotatable bonds is 4. The van der Waals surface area contributed by atoms with Crippen LogP contribution < -0.4 is 0 Å². The molecule has 0 heterocycles. The van der Waals surface area contributed by atoms with Crippen LogP contribution in [0.15, 0.2) is 0 Å². The van der Waals surface area contributed by atoms with E-state index in [-0.39, 0.29) is 17.1 Å². The van der Waals surface area contributed by atoms with Crippen LogP contribution in [0.25, 0.3) is 0 Å². The average Bonchev–Trinajstić information content (AvgIpc) is 2.11. The molecule has 0 unspecified atom stereocenters. The summed E-state index contributed by atoms with van der Waals surface area (Å²) in [7, 11) is 0. The summed E-state index contributed by atoms with van der Waals surface area (Å²) in [6.45, 7) is 5.85. The smallest absolute Gasteiger partial charge is 0.319 e. The van der Waals surface area contributed by atoms with Crippen LogP contribution in [0, 0.1) is 11.8 Å². The third kappa shape index (κ3) is 191. The van der Waals surface area contributed by atoms with Crippen LogP contribution in [0.2, 0.25) is 0 Å². The van der Waals surface area contributed by atoms with E-state index in [1.807, 2.05) is 0 Å². The molecule has 0 aromatic rings. The van der Waals surface area contributed by atoms with Crippen LogP contribution in [0.5, 0.6) is 0 Å². The molecular weight excluding hydrogens is 422 g/mol. The Labute approximate surface area is 162 Å². The van der Waals surface area contributed by atoms with Gasteiger partial charge in [-0.15, -0.1) is 0 Å². The molecule has 11 heteroatoms. The molecule has 0 fully saturated rings. The van der Waals surface area contributed by atoms with E-state index in [0.29, 0.717) is 0 Å². The van der Waals surface area contributed by atoms with Gasteiger partial charge in [0.1, 0.15) is 0 Å². The fraction of sp³-hybridized carbons (Fsp3) is 1.00. The minimum atomic E-state index is -3.81. The first-order valence-corrected chi connectivity index (χ1v) is 12.4. The minimum absolute atomic E-state index is 0. The molecule has 6 N–H and O–H groups in total. The van der Waals surface area contributed by atoms with Crippen LogP contribution in [-0.4, -0.2) is 29.4 Å². The van der Waals surface area contributed by atoms with Gasteiger partial charge in [0.05, 0.1) is 0 Å². The Hall–Kier alpha value is 1.58. The Morgan fingerprint density at radius 3 is 0.783 bits per heavy atom. The Morgan fingerprint density at radius 1 is 0.652 bits per heavy atom. The Kier molecular flexibility index (Phi) is 33.5. The molecular formula is C12H34FeO6P2S2. The summed E-state index contributed by atoms with van der Waals surface area (Å²) in [5.41, 5.74) is 0. The molecule has 0 aromatic heterocycles. The molecule has 0 amide bonds. The molecule has 0 atom stereocenters. The second-order valence-corrected chi connectivity index (χ2v) is 10.4. The standard InChI is InChI=1S/2C6H14.Fe.2H3O3PS/c2*1-4-5-6(2)3;;2*1-4(2,3)5/h2*6H,4-5H2,1-3H3;;2*(H3,1,2,3,5). The van der Waals surface area contributed by atoms with Crippen molar-refractivity contribution in [2.75, 3.05) is 0 Å². The van der Waals surface area contributed by atoms with Gasteiger partial charge in [0.15, 0.2) is 0 Å². The van der Waals surface area contributed by atoms with Crippen molar-refractivity contribution in [2.24, 2.45) is 11.8 Å². The quantitative estimate of drug-likeness (QED) is 0.282. The van der Waals surface area contributed by atoms with Gasteiger partial charge in [-0.2, -0.15) is 0 Å². The zero-order valence-electron chi connectivity index (χ0n) is 14.7. The fourth-order valence-corrected chi connectivity index (χ4v) is 1.15. The van der Waals surface area contributed by atoms with E-state index in [9.17, 15) is 0 Å². The Bertz CT molecular complexity index is 261. The predicted molar refractivity (Wildman–Crippen MR) is 101 cm³/mol. The van der Waals surface area contributed by atoms with Crippen LogP contribution >= 0.6 is 13.4 Å². The predicted octanol–water partition coefficient (Wildman–Crippen LogP) is 3.26. The molecule has 6 nitrogen and oxygen atoms in total. The normalized spacial score (nSPS) is 10.3. The maximum Gasteiger partial charge on any atom is 0.319 e. The van der Waals surface area contributed by atoms with Gasteiger partial charge in [0.2, 0.25) is 0 Å². The molecule has 0 rings (SSSR count). The third-order valence-corrected chi connectivity index (χ3v) is 1.73. The molecule has 0 aliphatic carbocycles. The van der Waals surface area contributed by atoms with E-state index in [2.05, 4.69) is 65.2 Å². The van der Waals surface area contributed by atoms with Gasteiger partial charge in [-0.3, -0.25) is 0 Å². The first kappa shape index (κ1) is 35.6. The van der Waals surface area contributed by atoms with Crippen LogP contribution in [0.1, 0.15) is 67.2 Å². The second kappa shape index (κ2) is 21.6. The zero-order chi connectivity index (χ0) is 19.0. The van der Waals surface area contributed by atoms with E-state index in [1.165, 1.54) is 25.7 Å². The van der Waals surface area contributed by atoms with E-state index in [1.54, 1.807) is 0 Å². The molecule has 0 saturated heterocycles. The monoisotopic (exact) mass is 456 g/mol. The van der Waals surface area contributed by atoms with Crippen molar-refractivity contribution >= 4 is 37.1 Å². The van der Waals surface area contributed by atoms with Crippen molar-refractivity contribution < 1.29 is 46.4 Å². The van der Waals surface area contributed by atoms with Gasteiger partial charge in [0.25, 0.3) is 0 Å². The first-order valence-electron chi connectivity index (χ1n) is 7.11. The van der Waals surface area contributed by atoms with Crippen LogP contribution in [0.3, 0.4) is 0 Å². The fourth-order valence-electron chi connectivity index (χ4n) is 1.15. The van der Waals surface area contributed by atoms with Crippen molar-refractivity contribution in [1.82, 2.24) is 0 Å². The molecule has 148 valence electrons. The minimum Gasteiger partial charge on any atom is -0.325 e.